The fraction of sp³-hybridized carbons (Fsp3) is 1.00. The number of halogens is 7. The second-order valence-corrected chi connectivity index (χ2v) is 2.53. The van der Waals surface area contributed by atoms with Crippen molar-refractivity contribution in [2.45, 2.75) is 31.6 Å². The van der Waals surface area contributed by atoms with Crippen LogP contribution in [0.5, 0.6) is 0 Å². The predicted molar refractivity (Wildman–Crippen MR) is 32.4 cm³/mol. The maximum atomic E-state index is 12.0. The zero-order valence-corrected chi connectivity index (χ0v) is 6.92. The molecule has 0 spiro atoms. The maximum Gasteiger partial charge on any atom is 0.421 e. The van der Waals surface area contributed by atoms with Crippen LogP contribution in [0.15, 0.2) is 0 Å². The van der Waals surface area contributed by atoms with Crippen molar-refractivity contribution in [1.82, 2.24) is 0 Å². The van der Waals surface area contributed by atoms with Crippen molar-refractivity contribution in [1.29, 1.82) is 0 Å². The molecule has 8 heteroatoms. The van der Waals surface area contributed by atoms with E-state index in [4.69, 9.17) is 0 Å². The number of hydrogen-bond acceptors (Lipinski definition) is 1. The quantitative estimate of drug-likeness (QED) is 0.675. The van der Waals surface area contributed by atoms with E-state index in [1.807, 2.05) is 0 Å². The molecule has 0 saturated heterocycles. The molecule has 0 aromatic rings. The number of rotatable bonds is 3. The van der Waals surface area contributed by atoms with E-state index in [0.717, 1.165) is 0 Å². The highest BCUT2D eigenvalue weighted by atomic mass is 19.4. The van der Waals surface area contributed by atoms with E-state index >= 15 is 0 Å². The fourth-order valence-corrected chi connectivity index (χ4v) is 0.418. The van der Waals surface area contributed by atoms with Crippen LogP contribution in [0.1, 0.15) is 6.92 Å². The first-order chi connectivity index (χ1) is 6.05. The van der Waals surface area contributed by atoms with Gasteiger partial charge in [0.25, 0.3) is 0 Å². The Labute approximate surface area is 74.8 Å². The minimum absolute atomic E-state index is 0.503. The molecule has 0 aliphatic rings. The Morgan fingerprint density at radius 3 is 1.71 bits per heavy atom. The van der Waals surface area contributed by atoms with E-state index in [-0.39, 0.29) is 0 Å². The van der Waals surface area contributed by atoms with E-state index in [2.05, 4.69) is 4.74 Å². The van der Waals surface area contributed by atoms with Crippen LogP contribution in [-0.4, -0.2) is 31.2 Å². The van der Waals surface area contributed by atoms with Gasteiger partial charge in [-0.2, -0.15) is 26.3 Å². The Kier molecular flexibility index (Phi) is 4.16. The highest BCUT2D eigenvalue weighted by Crippen LogP contribution is 2.26. The summed E-state index contributed by atoms with van der Waals surface area (Å²) >= 11 is 0. The molecule has 0 rings (SSSR count). The molecular formula is C6H7F7O. The summed E-state index contributed by atoms with van der Waals surface area (Å²) in [6.45, 7) is -1.15. The first kappa shape index (κ1) is 13.5. The molecule has 0 aliphatic heterocycles. The summed E-state index contributed by atoms with van der Waals surface area (Å²) in [6.07, 6.45) is -15.8. The van der Waals surface area contributed by atoms with Crippen LogP contribution < -0.4 is 0 Å². The Bertz CT molecular complexity index is 152. The summed E-state index contributed by atoms with van der Waals surface area (Å²) in [5.41, 5.74) is 0. The number of hydrogen-bond donors (Lipinski definition) is 0. The standard InChI is InChI=1S/C6H7F7O/c1-3(5(8,9)10)14-2-4(7)6(11,12)13/h3-4H,2H2,1H3. The molecule has 0 N–H and O–H groups in total. The third kappa shape index (κ3) is 4.64. The third-order valence-corrected chi connectivity index (χ3v) is 1.31. The highest BCUT2D eigenvalue weighted by molar-refractivity contribution is 4.67. The van der Waals surface area contributed by atoms with E-state index in [0.29, 0.717) is 6.92 Å². The SMILES string of the molecule is CC(OCC(F)C(F)(F)F)C(F)(F)F. The van der Waals surface area contributed by atoms with Gasteiger partial charge in [0.15, 0.2) is 6.10 Å². The monoisotopic (exact) mass is 228 g/mol. The Morgan fingerprint density at radius 2 is 1.43 bits per heavy atom. The van der Waals surface area contributed by atoms with Crippen LogP contribution in [0.4, 0.5) is 30.7 Å². The molecule has 0 amide bonds. The second-order valence-electron chi connectivity index (χ2n) is 2.53. The predicted octanol–water partition coefficient (Wildman–Crippen LogP) is 2.85. The average Bonchev–Trinajstić information content (AvgIpc) is 1.95. The van der Waals surface area contributed by atoms with Gasteiger partial charge in [0.2, 0.25) is 6.17 Å². The summed E-state index contributed by atoms with van der Waals surface area (Å²) < 4.78 is 85.1. The Hall–Kier alpha value is -0.530. The van der Waals surface area contributed by atoms with Gasteiger partial charge in [-0.3, -0.25) is 0 Å². The van der Waals surface area contributed by atoms with Gasteiger partial charge in [0.1, 0.15) is 0 Å². The summed E-state index contributed by atoms with van der Waals surface area (Å²) in [6, 6.07) is 0. The van der Waals surface area contributed by atoms with Crippen LogP contribution in [0.3, 0.4) is 0 Å². The topological polar surface area (TPSA) is 9.23 Å². The van der Waals surface area contributed by atoms with Gasteiger partial charge in [0, 0.05) is 0 Å². The normalized spacial score (nSPS) is 18.0. The van der Waals surface area contributed by atoms with Crippen LogP contribution >= 0.6 is 0 Å². The molecule has 0 saturated carbocycles. The lowest BCUT2D eigenvalue weighted by molar-refractivity contribution is -0.239. The molecule has 2 atom stereocenters. The van der Waals surface area contributed by atoms with Crippen LogP contribution in [0.2, 0.25) is 0 Å². The van der Waals surface area contributed by atoms with E-state index in [9.17, 15) is 30.7 Å². The average molecular weight is 228 g/mol. The van der Waals surface area contributed by atoms with E-state index in [1.54, 1.807) is 0 Å². The minimum Gasteiger partial charge on any atom is -0.366 e. The molecule has 2 unspecified atom stereocenters. The minimum atomic E-state index is -5.19. The highest BCUT2D eigenvalue weighted by Gasteiger charge is 2.43. The van der Waals surface area contributed by atoms with Gasteiger partial charge in [-0.05, 0) is 6.92 Å². The lowest BCUT2D eigenvalue weighted by Crippen LogP contribution is -2.35. The van der Waals surface area contributed by atoms with Crippen molar-refractivity contribution in [3.8, 4) is 0 Å². The molecule has 0 fully saturated rings. The summed E-state index contributed by atoms with van der Waals surface area (Å²) in [4.78, 5) is 0. The summed E-state index contributed by atoms with van der Waals surface area (Å²) in [7, 11) is 0. The smallest absolute Gasteiger partial charge is 0.366 e. The number of alkyl halides is 7. The lowest BCUT2D eigenvalue weighted by Gasteiger charge is -2.18. The van der Waals surface area contributed by atoms with Gasteiger partial charge >= 0.3 is 12.4 Å². The van der Waals surface area contributed by atoms with Crippen molar-refractivity contribution >= 4 is 0 Å². The maximum absolute atomic E-state index is 12.0. The zero-order chi connectivity index (χ0) is 11.6. The summed E-state index contributed by atoms with van der Waals surface area (Å²) in [5, 5.41) is 0. The fourth-order valence-electron chi connectivity index (χ4n) is 0.418. The molecule has 0 bridgehead atoms. The van der Waals surface area contributed by atoms with Crippen molar-refractivity contribution in [3.05, 3.63) is 0 Å². The molecule has 0 aromatic heterocycles. The molecule has 1 nitrogen and oxygen atoms in total. The van der Waals surface area contributed by atoms with Crippen LogP contribution in [-0.2, 0) is 4.74 Å². The molecular weight excluding hydrogens is 221 g/mol. The zero-order valence-electron chi connectivity index (χ0n) is 6.92. The molecule has 0 aliphatic carbocycles. The largest absolute Gasteiger partial charge is 0.421 e. The van der Waals surface area contributed by atoms with Gasteiger partial charge < -0.3 is 4.74 Å². The molecule has 14 heavy (non-hydrogen) atoms. The van der Waals surface area contributed by atoms with E-state index in [1.165, 1.54) is 0 Å². The van der Waals surface area contributed by atoms with Gasteiger partial charge in [0.05, 0.1) is 6.61 Å². The third-order valence-electron chi connectivity index (χ3n) is 1.31. The van der Waals surface area contributed by atoms with E-state index < -0.39 is 31.2 Å². The lowest BCUT2D eigenvalue weighted by atomic mass is 10.3. The van der Waals surface area contributed by atoms with Gasteiger partial charge in [-0.15, -0.1) is 0 Å². The molecule has 0 heterocycles. The number of ether oxygens (including phenoxy) is 1. The van der Waals surface area contributed by atoms with Crippen LogP contribution in [0.25, 0.3) is 0 Å². The van der Waals surface area contributed by atoms with Gasteiger partial charge in [-0.1, -0.05) is 0 Å². The molecule has 0 radical (unpaired) electrons. The van der Waals surface area contributed by atoms with Crippen LogP contribution in [0, 0.1) is 0 Å². The molecule has 0 aromatic carbocycles. The van der Waals surface area contributed by atoms with Crippen molar-refractivity contribution in [2.75, 3.05) is 6.61 Å². The first-order valence-electron chi connectivity index (χ1n) is 3.44. The van der Waals surface area contributed by atoms with Crippen molar-refractivity contribution < 1.29 is 35.5 Å². The Balaban J connectivity index is 3.96. The van der Waals surface area contributed by atoms with Crippen molar-refractivity contribution in [2.24, 2.45) is 0 Å². The second kappa shape index (κ2) is 4.33. The molecule has 86 valence electrons. The summed E-state index contributed by atoms with van der Waals surface area (Å²) in [5.74, 6) is 0. The first-order valence-corrected chi connectivity index (χ1v) is 3.44. The Morgan fingerprint density at radius 1 is 1.00 bits per heavy atom. The van der Waals surface area contributed by atoms with Gasteiger partial charge in [-0.25, -0.2) is 4.39 Å². The van der Waals surface area contributed by atoms with Crippen molar-refractivity contribution in [3.63, 3.8) is 0 Å².